The monoisotopic (exact) mass is 332 g/mol. The Morgan fingerprint density at radius 3 is 2.46 bits per heavy atom. The first-order valence-electron chi connectivity index (χ1n) is 7.71. The van der Waals surface area contributed by atoms with E-state index >= 15 is 0 Å². The molecule has 5 heteroatoms. The van der Waals surface area contributed by atoms with Crippen LogP contribution in [0.25, 0.3) is 0 Å². The predicted molar refractivity (Wildman–Crippen MR) is 89.4 cm³/mol. The molecule has 0 aliphatic carbocycles. The van der Waals surface area contributed by atoms with Gasteiger partial charge in [0.1, 0.15) is 23.1 Å². The third-order valence-electron chi connectivity index (χ3n) is 3.60. The second kappa shape index (κ2) is 6.91. The summed E-state index contributed by atoms with van der Waals surface area (Å²) in [6.07, 6.45) is 0.712. The van der Waals surface area contributed by atoms with Gasteiger partial charge in [0, 0.05) is 6.07 Å². The van der Waals surface area contributed by atoms with Crippen LogP contribution in [0.1, 0.15) is 31.9 Å². The van der Waals surface area contributed by atoms with Gasteiger partial charge in [-0.25, -0.2) is 9.18 Å². The molecule has 2 rings (SSSR count). The summed E-state index contributed by atoms with van der Waals surface area (Å²) in [6, 6.07) is 9.63. The van der Waals surface area contributed by atoms with Crippen molar-refractivity contribution in [1.82, 2.24) is 0 Å². The molecule has 128 valence electrons. The van der Waals surface area contributed by atoms with E-state index in [0.29, 0.717) is 23.7 Å². The lowest BCUT2D eigenvalue weighted by molar-refractivity contribution is -0.152. The maximum absolute atomic E-state index is 13.6. The molecule has 2 aromatic rings. The Hall–Kier alpha value is -2.56. The Morgan fingerprint density at radius 2 is 1.88 bits per heavy atom. The van der Waals surface area contributed by atoms with Gasteiger partial charge in [0.15, 0.2) is 5.60 Å². The van der Waals surface area contributed by atoms with Crippen molar-refractivity contribution < 1.29 is 23.8 Å². The van der Waals surface area contributed by atoms with E-state index in [4.69, 9.17) is 14.6 Å². The lowest BCUT2D eigenvalue weighted by atomic mass is 10.1. The number of halogens is 1. The normalized spacial score (nSPS) is 11.2. The van der Waals surface area contributed by atoms with Crippen molar-refractivity contribution in [3.05, 3.63) is 53.3 Å². The van der Waals surface area contributed by atoms with Crippen LogP contribution in [0, 0.1) is 12.7 Å². The highest BCUT2D eigenvalue weighted by atomic mass is 19.1. The molecular formula is C19H21FO4. The molecule has 0 bridgehead atoms. The van der Waals surface area contributed by atoms with Crippen LogP contribution in [0.5, 0.6) is 17.2 Å². The number of carboxylic acids is 1. The molecule has 2 aromatic carbocycles. The van der Waals surface area contributed by atoms with E-state index in [-0.39, 0.29) is 5.82 Å². The molecule has 0 saturated carbocycles. The SMILES string of the molecule is CCc1cc(F)cc(Oc2ccc(OC(C)(C)C(=O)O)c(C)c2)c1. The van der Waals surface area contributed by atoms with Gasteiger partial charge in [0.2, 0.25) is 0 Å². The first-order chi connectivity index (χ1) is 11.2. The number of benzene rings is 2. The summed E-state index contributed by atoms with van der Waals surface area (Å²) in [7, 11) is 0. The largest absolute Gasteiger partial charge is 0.478 e. The molecule has 0 heterocycles. The fourth-order valence-electron chi connectivity index (χ4n) is 2.14. The zero-order valence-corrected chi connectivity index (χ0v) is 14.2. The van der Waals surface area contributed by atoms with Crippen LogP contribution in [0.15, 0.2) is 36.4 Å². The minimum absolute atomic E-state index is 0.343. The molecule has 0 spiro atoms. The summed E-state index contributed by atoms with van der Waals surface area (Å²) in [4.78, 5) is 11.2. The molecule has 0 amide bonds. The topological polar surface area (TPSA) is 55.8 Å². The summed E-state index contributed by atoms with van der Waals surface area (Å²) in [5, 5.41) is 9.13. The maximum atomic E-state index is 13.6. The van der Waals surface area contributed by atoms with Gasteiger partial charge in [0.05, 0.1) is 0 Å². The van der Waals surface area contributed by atoms with E-state index in [2.05, 4.69) is 0 Å². The highest BCUT2D eigenvalue weighted by Gasteiger charge is 2.29. The van der Waals surface area contributed by atoms with E-state index in [1.165, 1.54) is 26.0 Å². The van der Waals surface area contributed by atoms with Gasteiger partial charge in [-0.1, -0.05) is 6.92 Å². The summed E-state index contributed by atoms with van der Waals surface area (Å²) >= 11 is 0. The summed E-state index contributed by atoms with van der Waals surface area (Å²) in [5.41, 5.74) is 0.255. The van der Waals surface area contributed by atoms with Crippen molar-refractivity contribution in [3.63, 3.8) is 0 Å². The zero-order chi connectivity index (χ0) is 17.9. The smallest absolute Gasteiger partial charge is 0.347 e. The lowest BCUT2D eigenvalue weighted by Crippen LogP contribution is -2.38. The summed E-state index contributed by atoms with van der Waals surface area (Å²) in [5.74, 6) is 0.0213. The fraction of sp³-hybridized carbons (Fsp3) is 0.316. The van der Waals surface area contributed by atoms with Gasteiger partial charge in [-0.2, -0.15) is 0 Å². The molecule has 0 fully saturated rings. The third kappa shape index (κ3) is 4.25. The summed E-state index contributed by atoms with van der Waals surface area (Å²) < 4.78 is 24.8. The van der Waals surface area contributed by atoms with E-state index in [0.717, 1.165) is 11.1 Å². The molecule has 0 aromatic heterocycles. The van der Waals surface area contributed by atoms with Gasteiger partial charge in [-0.3, -0.25) is 0 Å². The van der Waals surface area contributed by atoms with Crippen LogP contribution in [0.4, 0.5) is 4.39 Å². The van der Waals surface area contributed by atoms with Gasteiger partial charge in [-0.15, -0.1) is 0 Å². The van der Waals surface area contributed by atoms with Crippen molar-refractivity contribution >= 4 is 5.97 Å². The number of rotatable bonds is 6. The second-order valence-corrected chi connectivity index (χ2v) is 6.10. The minimum atomic E-state index is -1.33. The number of carbonyl (C=O) groups is 1. The predicted octanol–water partition coefficient (Wildman–Crippen LogP) is 4.73. The van der Waals surface area contributed by atoms with Crippen molar-refractivity contribution in [2.75, 3.05) is 0 Å². The van der Waals surface area contributed by atoms with Crippen LogP contribution >= 0.6 is 0 Å². The average molecular weight is 332 g/mol. The Morgan fingerprint density at radius 1 is 1.17 bits per heavy atom. The van der Waals surface area contributed by atoms with Crippen LogP contribution in [-0.4, -0.2) is 16.7 Å². The molecule has 4 nitrogen and oxygen atoms in total. The standard InChI is InChI=1S/C19H21FO4/c1-5-13-9-14(20)11-16(10-13)23-15-6-7-17(12(2)8-15)24-19(3,4)18(21)22/h6-11H,5H2,1-4H3,(H,21,22). The molecule has 0 unspecified atom stereocenters. The maximum Gasteiger partial charge on any atom is 0.347 e. The lowest BCUT2D eigenvalue weighted by Gasteiger charge is -2.23. The number of aryl methyl sites for hydroxylation is 2. The van der Waals surface area contributed by atoms with Crippen molar-refractivity contribution in [3.8, 4) is 17.2 Å². The Balaban J connectivity index is 2.21. The Labute approximate surface area is 140 Å². The highest BCUT2D eigenvalue weighted by Crippen LogP contribution is 2.30. The van der Waals surface area contributed by atoms with Crippen LogP contribution in [0.2, 0.25) is 0 Å². The van der Waals surface area contributed by atoms with Crippen molar-refractivity contribution in [2.24, 2.45) is 0 Å². The van der Waals surface area contributed by atoms with Gasteiger partial charge in [-0.05, 0) is 68.7 Å². The first-order valence-corrected chi connectivity index (χ1v) is 7.71. The molecule has 24 heavy (non-hydrogen) atoms. The number of carboxylic acid groups (broad SMARTS) is 1. The fourth-order valence-corrected chi connectivity index (χ4v) is 2.14. The third-order valence-corrected chi connectivity index (χ3v) is 3.60. The number of hydrogen-bond donors (Lipinski definition) is 1. The van der Waals surface area contributed by atoms with E-state index < -0.39 is 11.6 Å². The first kappa shape index (κ1) is 17.8. The molecule has 0 radical (unpaired) electrons. The zero-order valence-electron chi connectivity index (χ0n) is 14.2. The summed E-state index contributed by atoms with van der Waals surface area (Å²) in [6.45, 7) is 6.71. The molecule has 1 N–H and O–H groups in total. The highest BCUT2D eigenvalue weighted by molar-refractivity contribution is 5.76. The molecule has 0 atom stereocenters. The van der Waals surface area contributed by atoms with E-state index in [1.807, 2.05) is 6.92 Å². The number of aliphatic carboxylic acids is 1. The van der Waals surface area contributed by atoms with Crippen LogP contribution in [-0.2, 0) is 11.2 Å². The molecule has 0 saturated heterocycles. The van der Waals surface area contributed by atoms with Crippen LogP contribution < -0.4 is 9.47 Å². The second-order valence-electron chi connectivity index (χ2n) is 6.10. The van der Waals surface area contributed by atoms with E-state index in [9.17, 15) is 9.18 Å². The molecule has 0 aliphatic rings. The number of ether oxygens (including phenoxy) is 2. The van der Waals surface area contributed by atoms with Gasteiger partial charge < -0.3 is 14.6 Å². The van der Waals surface area contributed by atoms with Crippen LogP contribution in [0.3, 0.4) is 0 Å². The Bertz CT molecular complexity index is 753. The molecular weight excluding hydrogens is 311 g/mol. The van der Waals surface area contributed by atoms with Crippen molar-refractivity contribution in [2.45, 2.75) is 39.7 Å². The minimum Gasteiger partial charge on any atom is -0.478 e. The molecule has 0 aliphatic heterocycles. The van der Waals surface area contributed by atoms with Gasteiger partial charge in [0.25, 0.3) is 0 Å². The van der Waals surface area contributed by atoms with Gasteiger partial charge >= 0.3 is 5.97 Å². The quantitative estimate of drug-likeness (QED) is 0.831. The Kier molecular flexibility index (Phi) is 5.12. The van der Waals surface area contributed by atoms with E-state index in [1.54, 1.807) is 31.2 Å². The number of hydrogen-bond acceptors (Lipinski definition) is 3. The average Bonchev–Trinajstić information content (AvgIpc) is 2.49. The van der Waals surface area contributed by atoms with Crippen molar-refractivity contribution in [1.29, 1.82) is 0 Å².